The molecule has 1 unspecified atom stereocenters. The molecule has 1 aliphatic heterocycles. The number of carbonyl (C=O) groups excluding carboxylic acids is 1. The van der Waals surface area contributed by atoms with Gasteiger partial charge < -0.3 is 10.0 Å². The molecule has 1 saturated heterocycles. The molecule has 124 valence electrons. The van der Waals surface area contributed by atoms with Gasteiger partial charge in [0.15, 0.2) is 0 Å². The zero-order valence-electron chi connectivity index (χ0n) is 12.5. The fourth-order valence-corrected chi connectivity index (χ4v) is 2.73. The predicted molar refractivity (Wildman–Crippen MR) is 81.9 cm³/mol. The lowest BCUT2D eigenvalue weighted by molar-refractivity contribution is -0.384. The van der Waals surface area contributed by atoms with E-state index in [-0.39, 0.29) is 17.2 Å². The molecule has 1 fully saturated rings. The van der Waals surface area contributed by atoms with Gasteiger partial charge in [-0.1, -0.05) is 0 Å². The van der Waals surface area contributed by atoms with E-state index in [0.29, 0.717) is 25.1 Å². The maximum atomic E-state index is 12.5. The molecule has 24 heavy (non-hydrogen) atoms. The van der Waals surface area contributed by atoms with Gasteiger partial charge in [-0.05, 0) is 25.0 Å². The lowest BCUT2D eigenvalue weighted by Crippen LogP contribution is -2.40. The van der Waals surface area contributed by atoms with E-state index in [9.17, 15) is 19.7 Å². The van der Waals surface area contributed by atoms with Gasteiger partial charge in [-0.3, -0.25) is 14.9 Å². The molecule has 1 atom stereocenters. The van der Waals surface area contributed by atoms with Crippen LogP contribution in [-0.4, -0.2) is 49.2 Å². The SMILES string of the molecule is O=C(O)C1CCCN1C(=O)c1cnn(-c2ccc([N+](=O)[O-])cc2)c1. The molecule has 0 saturated carbocycles. The van der Waals surface area contributed by atoms with E-state index < -0.39 is 16.9 Å². The van der Waals surface area contributed by atoms with E-state index in [1.54, 1.807) is 0 Å². The van der Waals surface area contributed by atoms with E-state index in [0.717, 1.165) is 0 Å². The second-order valence-corrected chi connectivity index (χ2v) is 5.44. The monoisotopic (exact) mass is 330 g/mol. The third-order valence-corrected chi connectivity index (χ3v) is 3.95. The largest absolute Gasteiger partial charge is 0.480 e. The second-order valence-electron chi connectivity index (χ2n) is 5.44. The van der Waals surface area contributed by atoms with Crippen molar-refractivity contribution in [2.45, 2.75) is 18.9 Å². The van der Waals surface area contributed by atoms with Crippen molar-refractivity contribution in [1.29, 1.82) is 0 Å². The zero-order chi connectivity index (χ0) is 17.3. The first-order chi connectivity index (χ1) is 11.5. The number of nitro benzene ring substituents is 1. The minimum Gasteiger partial charge on any atom is -0.480 e. The summed E-state index contributed by atoms with van der Waals surface area (Å²) in [5, 5.41) is 23.9. The fraction of sp³-hybridized carbons (Fsp3) is 0.267. The minimum atomic E-state index is -1.01. The Morgan fingerprint density at radius 3 is 2.62 bits per heavy atom. The topological polar surface area (TPSA) is 119 Å². The van der Waals surface area contributed by atoms with Gasteiger partial charge in [0.05, 0.1) is 22.4 Å². The first kappa shape index (κ1) is 15.7. The second kappa shape index (κ2) is 6.11. The fourth-order valence-electron chi connectivity index (χ4n) is 2.73. The Bertz CT molecular complexity index is 798. The summed E-state index contributed by atoms with van der Waals surface area (Å²) >= 11 is 0. The number of carboxylic acid groups (broad SMARTS) is 1. The number of hydrogen-bond acceptors (Lipinski definition) is 5. The third kappa shape index (κ3) is 2.83. The third-order valence-electron chi connectivity index (χ3n) is 3.95. The van der Waals surface area contributed by atoms with Gasteiger partial charge in [0.2, 0.25) is 0 Å². The Kier molecular flexibility index (Phi) is 3.98. The van der Waals surface area contributed by atoms with Gasteiger partial charge in [0.1, 0.15) is 6.04 Å². The van der Waals surface area contributed by atoms with Crippen molar-refractivity contribution in [3.63, 3.8) is 0 Å². The summed E-state index contributed by atoms with van der Waals surface area (Å²) < 4.78 is 1.42. The summed E-state index contributed by atoms with van der Waals surface area (Å²) in [6.45, 7) is 0.401. The number of benzene rings is 1. The summed E-state index contributed by atoms with van der Waals surface area (Å²) in [6, 6.07) is 4.93. The first-order valence-electron chi connectivity index (χ1n) is 7.30. The molecule has 1 N–H and O–H groups in total. The molecule has 2 heterocycles. The summed E-state index contributed by atoms with van der Waals surface area (Å²) in [5.41, 5.74) is 0.806. The Balaban J connectivity index is 1.81. The van der Waals surface area contributed by atoms with Crippen LogP contribution in [-0.2, 0) is 4.79 Å². The Labute approximate surface area is 136 Å². The number of nitrogens with zero attached hydrogens (tertiary/aromatic N) is 4. The van der Waals surface area contributed by atoms with Crippen molar-refractivity contribution >= 4 is 17.6 Å². The van der Waals surface area contributed by atoms with Crippen LogP contribution in [0.3, 0.4) is 0 Å². The van der Waals surface area contributed by atoms with E-state index in [2.05, 4.69) is 5.10 Å². The predicted octanol–water partition coefficient (Wildman–Crippen LogP) is 1.47. The smallest absolute Gasteiger partial charge is 0.326 e. The number of nitro groups is 1. The van der Waals surface area contributed by atoms with Gasteiger partial charge in [-0.2, -0.15) is 5.10 Å². The van der Waals surface area contributed by atoms with Gasteiger partial charge in [0, 0.05) is 24.9 Å². The van der Waals surface area contributed by atoms with E-state index in [4.69, 9.17) is 5.11 Å². The molecule has 0 spiro atoms. The average Bonchev–Trinajstić information content (AvgIpc) is 3.24. The highest BCUT2D eigenvalue weighted by atomic mass is 16.6. The van der Waals surface area contributed by atoms with Crippen LogP contribution in [0.5, 0.6) is 0 Å². The van der Waals surface area contributed by atoms with Crippen LogP contribution in [0.1, 0.15) is 23.2 Å². The van der Waals surface area contributed by atoms with Crippen molar-refractivity contribution in [3.8, 4) is 5.69 Å². The molecule has 0 aliphatic carbocycles. The van der Waals surface area contributed by atoms with Gasteiger partial charge >= 0.3 is 5.97 Å². The first-order valence-corrected chi connectivity index (χ1v) is 7.30. The lowest BCUT2D eigenvalue weighted by Gasteiger charge is -2.20. The highest BCUT2D eigenvalue weighted by Gasteiger charge is 2.34. The Morgan fingerprint density at radius 1 is 1.29 bits per heavy atom. The van der Waals surface area contributed by atoms with Crippen LogP contribution in [0.2, 0.25) is 0 Å². The van der Waals surface area contributed by atoms with E-state index >= 15 is 0 Å². The molecule has 0 radical (unpaired) electrons. The maximum absolute atomic E-state index is 12.5. The van der Waals surface area contributed by atoms with Crippen LogP contribution in [0.25, 0.3) is 5.69 Å². The lowest BCUT2D eigenvalue weighted by atomic mass is 10.2. The van der Waals surface area contributed by atoms with Crippen molar-refractivity contribution in [2.75, 3.05) is 6.54 Å². The summed E-state index contributed by atoms with van der Waals surface area (Å²) in [4.78, 5) is 35.2. The molecule has 1 aromatic heterocycles. The summed E-state index contributed by atoms with van der Waals surface area (Å²) in [5.74, 6) is -1.39. The number of amides is 1. The number of hydrogen-bond donors (Lipinski definition) is 1. The maximum Gasteiger partial charge on any atom is 0.326 e. The number of likely N-dealkylation sites (tertiary alicyclic amines) is 1. The molecule has 0 bridgehead atoms. The molecule has 1 aliphatic rings. The van der Waals surface area contributed by atoms with Crippen LogP contribution >= 0.6 is 0 Å². The van der Waals surface area contributed by atoms with Gasteiger partial charge in [0.25, 0.3) is 11.6 Å². The number of aliphatic carboxylic acids is 1. The standard InChI is InChI=1S/C15H14N4O5/c20-14(17-7-1-2-13(17)15(21)22)10-8-16-18(9-10)11-3-5-12(6-4-11)19(23)24/h3-6,8-9,13H,1-2,7H2,(H,21,22). The van der Waals surface area contributed by atoms with Crippen molar-refractivity contribution < 1.29 is 19.6 Å². The molecule has 2 aromatic rings. The molecule has 9 nitrogen and oxygen atoms in total. The normalized spacial score (nSPS) is 17.0. The van der Waals surface area contributed by atoms with Gasteiger partial charge in [-0.15, -0.1) is 0 Å². The molecular weight excluding hydrogens is 316 g/mol. The summed E-state index contributed by atoms with van der Waals surface area (Å²) in [7, 11) is 0. The highest BCUT2D eigenvalue weighted by Crippen LogP contribution is 2.21. The number of carboxylic acids is 1. The molecule has 1 aromatic carbocycles. The Morgan fingerprint density at radius 2 is 2.00 bits per heavy atom. The van der Waals surface area contributed by atoms with Crippen LogP contribution in [0, 0.1) is 10.1 Å². The number of rotatable bonds is 4. The number of non-ortho nitro benzene ring substituents is 1. The number of aromatic nitrogens is 2. The van der Waals surface area contributed by atoms with Crippen LogP contribution in [0.15, 0.2) is 36.7 Å². The molecule has 9 heteroatoms. The van der Waals surface area contributed by atoms with Crippen LogP contribution in [0.4, 0.5) is 5.69 Å². The van der Waals surface area contributed by atoms with Crippen molar-refractivity contribution in [1.82, 2.24) is 14.7 Å². The van der Waals surface area contributed by atoms with E-state index in [1.807, 2.05) is 0 Å². The summed E-state index contributed by atoms with van der Waals surface area (Å²) in [6.07, 6.45) is 3.94. The minimum absolute atomic E-state index is 0.0384. The molecule has 3 rings (SSSR count). The van der Waals surface area contributed by atoms with Crippen molar-refractivity contribution in [3.05, 3.63) is 52.3 Å². The van der Waals surface area contributed by atoms with Gasteiger partial charge in [-0.25, -0.2) is 9.48 Å². The average molecular weight is 330 g/mol. The number of carbonyl (C=O) groups is 2. The molecule has 1 amide bonds. The highest BCUT2D eigenvalue weighted by molar-refractivity contribution is 5.96. The van der Waals surface area contributed by atoms with Crippen LogP contribution < -0.4 is 0 Å². The Hall–Kier alpha value is -3.23. The van der Waals surface area contributed by atoms with Crippen molar-refractivity contribution in [2.24, 2.45) is 0 Å². The quantitative estimate of drug-likeness (QED) is 0.670. The zero-order valence-corrected chi connectivity index (χ0v) is 12.5. The van der Waals surface area contributed by atoms with E-state index in [1.165, 1.54) is 46.2 Å². The molecular formula is C15H14N4O5.